The summed E-state index contributed by atoms with van der Waals surface area (Å²) < 4.78 is 1.73. The number of hydrogen-bond acceptors (Lipinski definition) is 2. The summed E-state index contributed by atoms with van der Waals surface area (Å²) in [6.07, 6.45) is 7.13. The molecule has 66 valence electrons. The second-order valence-corrected chi connectivity index (χ2v) is 2.72. The van der Waals surface area contributed by atoms with Crippen molar-refractivity contribution in [2.24, 2.45) is 5.10 Å². The summed E-state index contributed by atoms with van der Waals surface area (Å²) in [5, 5.41) is 4.18. The Morgan fingerprint density at radius 2 is 2.23 bits per heavy atom. The van der Waals surface area contributed by atoms with Crippen LogP contribution in [-0.4, -0.2) is 20.9 Å². The van der Waals surface area contributed by atoms with E-state index in [-0.39, 0.29) is 0 Å². The Morgan fingerprint density at radius 1 is 1.46 bits per heavy atom. The average molecular weight is 174 g/mol. The largest absolute Gasteiger partial charge is 0.348 e. The van der Waals surface area contributed by atoms with Gasteiger partial charge in [-0.3, -0.25) is 0 Å². The van der Waals surface area contributed by atoms with Crippen molar-refractivity contribution in [2.75, 3.05) is 0 Å². The van der Waals surface area contributed by atoms with Crippen LogP contribution in [0.15, 0.2) is 36.0 Å². The first kappa shape index (κ1) is 7.79. The van der Waals surface area contributed by atoms with E-state index < -0.39 is 0 Å². The van der Waals surface area contributed by atoms with Crippen molar-refractivity contribution in [3.63, 3.8) is 0 Å². The Balaban J connectivity index is 2.19. The van der Waals surface area contributed by atoms with Gasteiger partial charge in [0.05, 0.1) is 12.5 Å². The zero-order chi connectivity index (χ0) is 9.10. The molecule has 0 amide bonds. The third kappa shape index (κ3) is 1.66. The fourth-order valence-electron chi connectivity index (χ4n) is 1.02. The molecule has 0 aliphatic heterocycles. The van der Waals surface area contributed by atoms with Crippen molar-refractivity contribution in [1.29, 1.82) is 0 Å². The van der Waals surface area contributed by atoms with Crippen LogP contribution in [0.5, 0.6) is 0 Å². The standard InChI is InChI=1S/C9H10N4/c1-8-9(11-7-10-8)6-12-13-4-2-3-5-13/h2-7H,1H3,(H,10,11)/b12-6+. The van der Waals surface area contributed by atoms with Gasteiger partial charge >= 0.3 is 0 Å². The minimum Gasteiger partial charge on any atom is -0.348 e. The van der Waals surface area contributed by atoms with Crippen LogP contribution in [-0.2, 0) is 0 Å². The van der Waals surface area contributed by atoms with Gasteiger partial charge in [-0.2, -0.15) is 5.10 Å². The second-order valence-electron chi connectivity index (χ2n) is 2.72. The Hall–Kier alpha value is -1.84. The highest BCUT2D eigenvalue weighted by atomic mass is 15.3. The molecule has 4 nitrogen and oxygen atoms in total. The molecule has 2 aromatic heterocycles. The van der Waals surface area contributed by atoms with E-state index >= 15 is 0 Å². The molecule has 2 aromatic rings. The molecule has 0 unspecified atom stereocenters. The molecule has 0 saturated carbocycles. The van der Waals surface area contributed by atoms with E-state index in [9.17, 15) is 0 Å². The van der Waals surface area contributed by atoms with Gasteiger partial charge in [0.25, 0.3) is 0 Å². The van der Waals surface area contributed by atoms with Crippen molar-refractivity contribution < 1.29 is 0 Å². The van der Waals surface area contributed by atoms with E-state index in [1.165, 1.54) is 0 Å². The maximum atomic E-state index is 4.18. The summed E-state index contributed by atoms with van der Waals surface area (Å²) in [4.78, 5) is 7.08. The van der Waals surface area contributed by atoms with Gasteiger partial charge in [-0.05, 0) is 19.1 Å². The summed E-state index contributed by atoms with van der Waals surface area (Å²) >= 11 is 0. The van der Waals surface area contributed by atoms with Crippen LogP contribution in [0.3, 0.4) is 0 Å². The van der Waals surface area contributed by atoms with Crippen LogP contribution < -0.4 is 0 Å². The summed E-state index contributed by atoms with van der Waals surface area (Å²) in [6, 6.07) is 3.85. The molecule has 0 saturated heterocycles. The smallest absolute Gasteiger partial charge is 0.104 e. The number of aromatic amines is 1. The molecule has 0 spiro atoms. The molecule has 0 radical (unpaired) electrons. The second kappa shape index (κ2) is 3.26. The SMILES string of the molecule is Cc1[nH]cnc1/C=N/n1cccc1. The molecule has 2 heterocycles. The van der Waals surface area contributed by atoms with E-state index in [4.69, 9.17) is 0 Å². The van der Waals surface area contributed by atoms with Crippen LogP contribution in [0.1, 0.15) is 11.4 Å². The molecule has 0 fully saturated rings. The lowest BCUT2D eigenvalue weighted by atomic mass is 10.4. The predicted octanol–water partition coefficient (Wildman–Crippen LogP) is 1.40. The predicted molar refractivity (Wildman–Crippen MR) is 50.7 cm³/mol. The van der Waals surface area contributed by atoms with Crippen molar-refractivity contribution in [2.45, 2.75) is 6.92 Å². The van der Waals surface area contributed by atoms with Crippen molar-refractivity contribution in [3.05, 3.63) is 42.2 Å². The molecule has 1 N–H and O–H groups in total. The summed E-state index contributed by atoms with van der Waals surface area (Å²) in [7, 11) is 0. The minimum atomic E-state index is 0.869. The van der Waals surface area contributed by atoms with E-state index in [0.717, 1.165) is 11.4 Å². The summed E-state index contributed by atoms with van der Waals surface area (Å²) in [5.41, 5.74) is 1.89. The third-order valence-corrected chi connectivity index (χ3v) is 1.77. The maximum absolute atomic E-state index is 4.18. The van der Waals surface area contributed by atoms with Gasteiger partial charge in [-0.1, -0.05) is 0 Å². The first-order valence-corrected chi connectivity index (χ1v) is 4.03. The van der Waals surface area contributed by atoms with Crippen molar-refractivity contribution >= 4 is 6.21 Å². The number of H-pyrrole nitrogens is 1. The molecule has 0 aromatic carbocycles. The number of rotatable bonds is 2. The lowest BCUT2D eigenvalue weighted by Crippen LogP contribution is -1.89. The number of aryl methyl sites for hydroxylation is 1. The summed E-state index contributed by atoms with van der Waals surface area (Å²) in [6.45, 7) is 1.96. The van der Waals surface area contributed by atoms with E-state index in [1.54, 1.807) is 17.2 Å². The monoisotopic (exact) mass is 174 g/mol. The first-order chi connectivity index (χ1) is 6.36. The van der Waals surface area contributed by atoms with Gasteiger partial charge in [0.2, 0.25) is 0 Å². The van der Waals surface area contributed by atoms with Crippen molar-refractivity contribution in [3.8, 4) is 0 Å². The summed E-state index contributed by atoms with van der Waals surface area (Å²) in [5.74, 6) is 0. The van der Waals surface area contributed by atoms with Crippen LogP contribution in [0, 0.1) is 6.92 Å². The van der Waals surface area contributed by atoms with Crippen molar-refractivity contribution in [1.82, 2.24) is 14.6 Å². The fourth-order valence-corrected chi connectivity index (χ4v) is 1.02. The maximum Gasteiger partial charge on any atom is 0.104 e. The Labute approximate surface area is 75.9 Å². The van der Waals surface area contributed by atoms with Crippen LogP contribution in [0.25, 0.3) is 0 Å². The average Bonchev–Trinajstić information content (AvgIpc) is 2.72. The topological polar surface area (TPSA) is 46.0 Å². The van der Waals surface area contributed by atoms with E-state index in [2.05, 4.69) is 15.1 Å². The Kier molecular flexibility index (Phi) is 1.96. The highest BCUT2D eigenvalue weighted by molar-refractivity contribution is 5.78. The quantitative estimate of drug-likeness (QED) is 0.687. The Morgan fingerprint density at radius 3 is 2.85 bits per heavy atom. The van der Waals surface area contributed by atoms with Gasteiger partial charge in [-0.25, -0.2) is 9.66 Å². The lowest BCUT2D eigenvalue weighted by Gasteiger charge is -1.90. The van der Waals surface area contributed by atoms with Gasteiger partial charge in [0, 0.05) is 18.1 Å². The first-order valence-electron chi connectivity index (χ1n) is 4.03. The molecule has 0 aliphatic carbocycles. The number of nitrogens with one attached hydrogen (secondary N) is 1. The molecular weight excluding hydrogens is 164 g/mol. The number of nitrogens with zero attached hydrogens (tertiary/aromatic N) is 3. The Bertz CT molecular complexity index is 397. The molecular formula is C9H10N4. The van der Waals surface area contributed by atoms with Gasteiger partial charge < -0.3 is 4.98 Å². The number of imidazole rings is 1. The fraction of sp³-hybridized carbons (Fsp3) is 0.111. The highest BCUT2D eigenvalue weighted by Crippen LogP contribution is 1.96. The lowest BCUT2D eigenvalue weighted by molar-refractivity contribution is 0.893. The normalized spacial score (nSPS) is 11.2. The molecule has 4 heteroatoms. The van der Waals surface area contributed by atoms with Crippen LogP contribution in [0.4, 0.5) is 0 Å². The van der Waals surface area contributed by atoms with Crippen LogP contribution >= 0.6 is 0 Å². The molecule has 13 heavy (non-hydrogen) atoms. The minimum absolute atomic E-state index is 0.869. The third-order valence-electron chi connectivity index (χ3n) is 1.77. The molecule has 2 rings (SSSR count). The van der Waals surface area contributed by atoms with E-state index in [0.29, 0.717) is 0 Å². The molecule has 0 aliphatic rings. The van der Waals surface area contributed by atoms with Gasteiger partial charge in [-0.15, -0.1) is 0 Å². The van der Waals surface area contributed by atoms with Crippen LogP contribution in [0.2, 0.25) is 0 Å². The number of hydrogen-bond donors (Lipinski definition) is 1. The molecule has 0 atom stereocenters. The van der Waals surface area contributed by atoms with E-state index in [1.807, 2.05) is 31.5 Å². The molecule has 0 bridgehead atoms. The van der Waals surface area contributed by atoms with Gasteiger partial charge in [0.15, 0.2) is 0 Å². The van der Waals surface area contributed by atoms with Gasteiger partial charge in [0.1, 0.15) is 5.69 Å². The number of aromatic nitrogens is 3. The zero-order valence-corrected chi connectivity index (χ0v) is 7.31. The highest BCUT2D eigenvalue weighted by Gasteiger charge is 1.94. The zero-order valence-electron chi connectivity index (χ0n) is 7.31.